The Labute approximate surface area is 101 Å². The maximum Gasteiger partial charge on any atom is 0.326 e. The molecule has 1 aliphatic heterocycles. The van der Waals surface area contributed by atoms with Gasteiger partial charge < -0.3 is 20.1 Å². The minimum atomic E-state index is -0.981. The minimum Gasteiger partial charge on any atom is -0.480 e. The van der Waals surface area contributed by atoms with E-state index < -0.39 is 12.0 Å². The number of carbonyl (C=O) groups is 2. The number of nitrogens with zero attached hydrogens (tertiary/aromatic N) is 1. The first-order valence-electron chi connectivity index (χ1n) is 5.90. The first-order chi connectivity index (χ1) is 8.06. The number of urea groups is 1. The number of aliphatic carboxylic acids is 1. The molecular formula is C11H20N2O4. The van der Waals surface area contributed by atoms with Gasteiger partial charge in [0.25, 0.3) is 0 Å². The predicted molar refractivity (Wildman–Crippen MR) is 61.9 cm³/mol. The second-order valence-electron chi connectivity index (χ2n) is 4.24. The van der Waals surface area contributed by atoms with Gasteiger partial charge in [-0.3, -0.25) is 0 Å². The van der Waals surface area contributed by atoms with Crippen LogP contribution in [0.4, 0.5) is 4.79 Å². The van der Waals surface area contributed by atoms with Crippen molar-refractivity contribution in [3.63, 3.8) is 0 Å². The van der Waals surface area contributed by atoms with E-state index >= 15 is 0 Å². The molecule has 2 amide bonds. The van der Waals surface area contributed by atoms with E-state index in [0.717, 1.165) is 19.4 Å². The van der Waals surface area contributed by atoms with Crippen molar-refractivity contribution in [2.24, 2.45) is 0 Å². The molecule has 6 heteroatoms. The number of hydrogen-bond donors (Lipinski definition) is 2. The second-order valence-corrected chi connectivity index (χ2v) is 4.24. The monoisotopic (exact) mass is 244 g/mol. The zero-order valence-corrected chi connectivity index (χ0v) is 10.3. The van der Waals surface area contributed by atoms with Crippen LogP contribution in [0, 0.1) is 0 Å². The topological polar surface area (TPSA) is 78.9 Å². The molecule has 2 unspecified atom stereocenters. The van der Waals surface area contributed by atoms with Crippen molar-refractivity contribution in [1.29, 1.82) is 0 Å². The third kappa shape index (κ3) is 3.89. The van der Waals surface area contributed by atoms with Crippen LogP contribution in [-0.2, 0) is 9.53 Å². The van der Waals surface area contributed by atoms with Gasteiger partial charge in [0.15, 0.2) is 0 Å². The average Bonchev–Trinajstić information content (AvgIpc) is 2.30. The van der Waals surface area contributed by atoms with E-state index in [-0.39, 0.29) is 12.1 Å². The van der Waals surface area contributed by atoms with Crippen molar-refractivity contribution in [2.45, 2.75) is 38.3 Å². The summed E-state index contributed by atoms with van der Waals surface area (Å²) in [4.78, 5) is 24.0. The molecule has 0 radical (unpaired) electrons. The first kappa shape index (κ1) is 13.8. The molecule has 0 aliphatic carbocycles. The Bertz CT molecular complexity index is 277. The van der Waals surface area contributed by atoms with Crippen LogP contribution in [0.15, 0.2) is 0 Å². The van der Waals surface area contributed by atoms with E-state index in [1.807, 2.05) is 0 Å². The summed E-state index contributed by atoms with van der Waals surface area (Å²) in [6.07, 6.45) is 2.19. The Morgan fingerprint density at radius 3 is 2.76 bits per heavy atom. The highest BCUT2D eigenvalue weighted by Gasteiger charge is 2.26. The van der Waals surface area contributed by atoms with Crippen LogP contribution in [0.25, 0.3) is 0 Å². The van der Waals surface area contributed by atoms with Crippen molar-refractivity contribution < 1.29 is 19.4 Å². The molecule has 0 aromatic rings. The summed E-state index contributed by atoms with van der Waals surface area (Å²) in [5.41, 5.74) is 0. The Balaban J connectivity index is 2.47. The molecule has 0 aromatic heterocycles. The lowest BCUT2D eigenvalue weighted by Crippen LogP contribution is -2.51. The summed E-state index contributed by atoms with van der Waals surface area (Å²) in [7, 11) is 1.50. The van der Waals surface area contributed by atoms with Gasteiger partial charge in [0.1, 0.15) is 6.04 Å². The molecule has 1 saturated heterocycles. The molecule has 1 fully saturated rings. The smallest absolute Gasteiger partial charge is 0.326 e. The zero-order chi connectivity index (χ0) is 12.8. The molecule has 1 rings (SSSR count). The summed E-state index contributed by atoms with van der Waals surface area (Å²) in [6, 6.07) is -1.14. The Hall–Kier alpha value is -1.30. The number of likely N-dealkylation sites (N-methyl/N-ethyl adjacent to an activating group) is 1. The molecular weight excluding hydrogens is 224 g/mol. The number of hydrogen-bond acceptors (Lipinski definition) is 3. The maximum absolute atomic E-state index is 11.8. The number of rotatable bonds is 4. The lowest BCUT2D eigenvalue weighted by atomic mass is 10.1. The average molecular weight is 244 g/mol. The van der Waals surface area contributed by atoms with E-state index in [2.05, 4.69) is 5.32 Å². The molecule has 0 saturated carbocycles. The molecule has 0 aromatic carbocycles. The van der Waals surface area contributed by atoms with Crippen LogP contribution in [0.5, 0.6) is 0 Å². The maximum atomic E-state index is 11.8. The first-order valence-corrected chi connectivity index (χ1v) is 5.90. The number of carboxylic acid groups (broad SMARTS) is 1. The third-order valence-electron chi connectivity index (χ3n) is 2.95. The van der Waals surface area contributed by atoms with Crippen LogP contribution in [0.3, 0.4) is 0 Å². The van der Waals surface area contributed by atoms with Gasteiger partial charge in [-0.2, -0.15) is 0 Å². The van der Waals surface area contributed by atoms with Crippen molar-refractivity contribution >= 4 is 12.0 Å². The van der Waals surface area contributed by atoms with Crippen molar-refractivity contribution in [2.75, 3.05) is 20.3 Å². The zero-order valence-electron chi connectivity index (χ0n) is 10.3. The molecule has 2 N–H and O–H groups in total. The van der Waals surface area contributed by atoms with Gasteiger partial charge in [0.2, 0.25) is 0 Å². The molecule has 1 heterocycles. The number of ether oxygens (including phenoxy) is 1. The fourth-order valence-corrected chi connectivity index (χ4v) is 1.89. The molecule has 1 aliphatic rings. The van der Waals surface area contributed by atoms with Gasteiger partial charge in [-0.15, -0.1) is 0 Å². The quantitative estimate of drug-likeness (QED) is 0.762. The van der Waals surface area contributed by atoms with E-state index in [0.29, 0.717) is 13.0 Å². The number of carbonyl (C=O) groups excluding carboxylic acids is 1. The second kappa shape index (κ2) is 6.44. The van der Waals surface area contributed by atoms with Crippen LogP contribution in [-0.4, -0.2) is 54.4 Å². The number of nitrogens with one attached hydrogen (secondary N) is 1. The summed E-state index contributed by atoms with van der Waals surface area (Å²) < 4.78 is 5.25. The normalized spacial score (nSPS) is 21.6. The van der Waals surface area contributed by atoms with Gasteiger partial charge in [0.05, 0.1) is 12.6 Å². The molecule has 2 atom stereocenters. The highest BCUT2D eigenvalue weighted by atomic mass is 16.5. The van der Waals surface area contributed by atoms with E-state index in [1.165, 1.54) is 11.9 Å². The van der Waals surface area contributed by atoms with Crippen LogP contribution in [0.2, 0.25) is 0 Å². The molecule has 6 nitrogen and oxygen atoms in total. The summed E-state index contributed by atoms with van der Waals surface area (Å²) in [5, 5.41) is 11.7. The van der Waals surface area contributed by atoms with E-state index in [9.17, 15) is 9.59 Å². The lowest BCUT2D eigenvalue weighted by molar-refractivity contribution is -0.141. The van der Waals surface area contributed by atoms with Crippen LogP contribution in [0.1, 0.15) is 26.2 Å². The predicted octanol–water partition coefficient (Wildman–Crippen LogP) is 0.670. The molecule has 98 valence electrons. The highest BCUT2D eigenvalue weighted by molar-refractivity contribution is 5.82. The van der Waals surface area contributed by atoms with Gasteiger partial charge in [0, 0.05) is 13.7 Å². The Morgan fingerprint density at radius 1 is 1.59 bits per heavy atom. The summed E-state index contributed by atoms with van der Waals surface area (Å²) in [6.45, 7) is 2.98. The summed E-state index contributed by atoms with van der Waals surface area (Å²) >= 11 is 0. The third-order valence-corrected chi connectivity index (χ3v) is 2.95. The fourth-order valence-electron chi connectivity index (χ4n) is 1.89. The van der Waals surface area contributed by atoms with E-state index in [4.69, 9.17) is 9.84 Å². The van der Waals surface area contributed by atoms with Gasteiger partial charge in [-0.1, -0.05) is 6.92 Å². The lowest BCUT2D eigenvalue weighted by Gasteiger charge is -2.28. The van der Waals surface area contributed by atoms with Crippen molar-refractivity contribution in [3.8, 4) is 0 Å². The van der Waals surface area contributed by atoms with Crippen molar-refractivity contribution in [1.82, 2.24) is 10.2 Å². The van der Waals surface area contributed by atoms with Gasteiger partial charge >= 0.3 is 12.0 Å². The van der Waals surface area contributed by atoms with Crippen LogP contribution >= 0.6 is 0 Å². The fraction of sp³-hybridized carbons (Fsp3) is 0.818. The number of carboxylic acids is 1. The van der Waals surface area contributed by atoms with Gasteiger partial charge in [-0.05, 0) is 19.3 Å². The largest absolute Gasteiger partial charge is 0.480 e. The number of amides is 2. The van der Waals surface area contributed by atoms with Crippen molar-refractivity contribution in [3.05, 3.63) is 0 Å². The van der Waals surface area contributed by atoms with Gasteiger partial charge in [-0.25, -0.2) is 9.59 Å². The Morgan fingerprint density at radius 2 is 2.29 bits per heavy atom. The van der Waals surface area contributed by atoms with Crippen LogP contribution < -0.4 is 5.32 Å². The van der Waals surface area contributed by atoms with E-state index in [1.54, 1.807) is 6.92 Å². The standard InChI is InChI=1S/C11H20N2O4/c1-3-9(10(14)15)13(2)11(16)12-8-5-4-6-17-7-8/h8-9H,3-7H2,1-2H3,(H,12,16)(H,14,15). The minimum absolute atomic E-state index is 0.00926. The summed E-state index contributed by atoms with van der Waals surface area (Å²) in [5.74, 6) is -0.981. The SMILES string of the molecule is CCC(C(=O)O)N(C)C(=O)NC1CCCOC1. The molecule has 0 spiro atoms. The Kier molecular flexibility index (Phi) is 5.21. The molecule has 0 bridgehead atoms. The highest BCUT2D eigenvalue weighted by Crippen LogP contribution is 2.08. The molecule has 17 heavy (non-hydrogen) atoms.